The Hall–Kier alpha value is -0.990. The maximum Gasteiger partial charge on any atom is 0.460 e. The van der Waals surface area contributed by atoms with E-state index in [2.05, 4.69) is 5.10 Å². The van der Waals surface area contributed by atoms with Gasteiger partial charge >= 0.3 is 18.0 Å². The topological polar surface area (TPSA) is 28.7 Å². The van der Waals surface area contributed by atoms with Crippen molar-refractivity contribution in [1.82, 2.24) is 10.2 Å². The van der Waals surface area contributed by atoms with Crippen LogP contribution in [0.15, 0.2) is 0 Å². The third kappa shape index (κ3) is 1.96. The van der Waals surface area contributed by atoms with Gasteiger partial charge in [-0.15, -0.1) is 0 Å². The molecule has 1 N–H and O–H groups in total. The van der Waals surface area contributed by atoms with Gasteiger partial charge in [-0.25, -0.2) is 0 Å². The highest BCUT2D eigenvalue weighted by atomic mass is 35.5. The summed E-state index contributed by atoms with van der Waals surface area (Å²) >= 11 is 5.17. The number of alkyl halides is 7. The van der Waals surface area contributed by atoms with Crippen molar-refractivity contribution in [2.24, 2.45) is 0 Å². The minimum Gasteiger partial charge on any atom is -0.281 e. The summed E-state index contributed by atoms with van der Waals surface area (Å²) in [4.78, 5) is 0. The Morgan fingerprint density at radius 3 is 1.82 bits per heavy atom. The minimum atomic E-state index is -6.41. The molecule has 0 aromatic carbocycles. The van der Waals surface area contributed by atoms with Crippen LogP contribution in [-0.4, -0.2) is 22.3 Å². The van der Waals surface area contributed by atoms with Crippen molar-refractivity contribution >= 4 is 11.6 Å². The van der Waals surface area contributed by atoms with Crippen molar-refractivity contribution in [3.8, 4) is 0 Å². The van der Waals surface area contributed by atoms with E-state index >= 15 is 0 Å². The van der Waals surface area contributed by atoms with Gasteiger partial charge in [-0.05, 0) is 6.92 Å². The van der Waals surface area contributed by atoms with Crippen LogP contribution in [0.25, 0.3) is 0 Å². The molecule has 0 atom stereocenters. The monoisotopic (exact) mass is 284 g/mol. The summed E-state index contributed by atoms with van der Waals surface area (Å²) in [7, 11) is 0. The molecule has 0 saturated heterocycles. The third-order valence-electron chi connectivity index (χ3n) is 1.92. The van der Waals surface area contributed by atoms with E-state index in [9.17, 15) is 30.7 Å². The Balaban J connectivity index is 3.33. The van der Waals surface area contributed by atoms with Crippen LogP contribution in [-0.2, 0) is 5.92 Å². The van der Waals surface area contributed by atoms with E-state index in [0.29, 0.717) is 0 Å². The molecule has 1 aromatic heterocycles. The molecule has 0 fully saturated rings. The molecule has 0 aliphatic carbocycles. The highest BCUT2D eigenvalue weighted by Crippen LogP contribution is 2.52. The van der Waals surface area contributed by atoms with Crippen LogP contribution < -0.4 is 0 Å². The van der Waals surface area contributed by atoms with Crippen molar-refractivity contribution in [3.63, 3.8) is 0 Å². The number of hydrogen-bond donors (Lipinski definition) is 1. The highest BCUT2D eigenvalue weighted by Gasteiger charge is 2.75. The van der Waals surface area contributed by atoms with Crippen molar-refractivity contribution in [2.75, 3.05) is 0 Å². The number of halogens is 8. The molecule has 0 amide bonds. The van der Waals surface area contributed by atoms with Gasteiger partial charge in [-0.3, -0.25) is 5.10 Å². The molecule has 0 unspecified atom stereocenters. The maximum atomic E-state index is 13.1. The van der Waals surface area contributed by atoms with E-state index in [1.54, 1.807) is 5.10 Å². The third-order valence-corrected chi connectivity index (χ3v) is 2.38. The molecule has 98 valence electrons. The predicted octanol–water partition coefficient (Wildman–Crippen LogP) is 3.66. The number of nitrogens with zero attached hydrogens (tertiary/aromatic N) is 1. The number of aryl methyl sites for hydroxylation is 1. The van der Waals surface area contributed by atoms with Crippen LogP contribution in [0, 0.1) is 6.92 Å². The summed E-state index contributed by atoms with van der Waals surface area (Å²) in [5, 5.41) is 3.52. The fourth-order valence-electron chi connectivity index (χ4n) is 0.950. The van der Waals surface area contributed by atoms with Gasteiger partial charge in [0.1, 0.15) is 0 Å². The molecule has 1 aromatic rings. The van der Waals surface area contributed by atoms with Crippen molar-refractivity contribution in [1.29, 1.82) is 0 Å². The second-order valence-corrected chi connectivity index (χ2v) is 3.54. The molecular formula is C7H4ClF7N2. The van der Waals surface area contributed by atoms with Crippen LogP contribution in [0.4, 0.5) is 30.7 Å². The van der Waals surface area contributed by atoms with Crippen LogP contribution >= 0.6 is 11.6 Å². The average molecular weight is 285 g/mol. The quantitative estimate of drug-likeness (QED) is 0.825. The Kier molecular flexibility index (Phi) is 3.11. The number of H-pyrrole nitrogens is 1. The zero-order chi connectivity index (χ0) is 13.6. The lowest BCUT2D eigenvalue weighted by atomic mass is 10.1. The van der Waals surface area contributed by atoms with E-state index in [0.717, 1.165) is 6.92 Å². The molecule has 2 nitrogen and oxygen atoms in total. The van der Waals surface area contributed by atoms with Crippen molar-refractivity contribution in [2.45, 2.75) is 24.9 Å². The summed E-state index contributed by atoms with van der Waals surface area (Å²) in [6.07, 6.45) is -6.41. The number of rotatable bonds is 2. The van der Waals surface area contributed by atoms with Crippen LogP contribution in [0.1, 0.15) is 11.4 Å². The zero-order valence-electron chi connectivity index (χ0n) is 7.97. The van der Waals surface area contributed by atoms with Gasteiger partial charge in [0.15, 0.2) is 5.69 Å². The first-order valence-electron chi connectivity index (χ1n) is 3.96. The SMILES string of the molecule is Cc1[nH]nc(C(F)(F)C(F)(F)C(F)(F)F)c1Cl. The average Bonchev–Trinajstić information content (AvgIpc) is 2.45. The lowest BCUT2D eigenvalue weighted by molar-refractivity contribution is -0.360. The number of aromatic nitrogens is 2. The predicted molar refractivity (Wildman–Crippen MR) is 43.2 cm³/mol. The van der Waals surface area contributed by atoms with E-state index in [4.69, 9.17) is 11.6 Å². The molecule has 0 aliphatic heterocycles. The largest absolute Gasteiger partial charge is 0.460 e. The van der Waals surface area contributed by atoms with Crippen molar-refractivity contribution < 1.29 is 30.7 Å². The Morgan fingerprint density at radius 2 is 1.53 bits per heavy atom. The van der Waals surface area contributed by atoms with Gasteiger partial charge in [0.25, 0.3) is 0 Å². The molecule has 0 spiro atoms. The Bertz CT molecular complexity index is 422. The van der Waals surface area contributed by atoms with Gasteiger partial charge in [0.05, 0.1) is 10.7 Å². The zero-order valence-corrected chi connectivity index (χ0v) is 8.73. The summed E-state index contributed by atoms with van der Waals surface area (Å²) < 4.78 is 86.9. The van der Waals surface area contributed by atoms with E-state index in [-0.39, 0.29) is 5.69 Å². The standard InChI is InChI=1S/C7H4ClF7N2/c1-2-3(8)4(17-16-2)5(9,10)6(11,12)7(13,14)15/h1H3,(H,16,17). The maximum absolute atomic E-state index is 13.1. The highest BCUT2D eigenvalue weighted by molar-refractivity contribution is 6.31. The fourth-order valence-corrected chi connectivity index (χ4v) is 1.15. The molecule has 0 bridgehead atoms. The van der Waals surface area contributed by atoms with Gasteiger partial charge in [-0.1, -0.05) is 11.6 Å². The second kappa shape index (κ2) is 3.76. The first-order chi connectivity index (χ1) is 7.43. The molecule has 1 heterocycles. The Labute approximate surface area is 94.8 Å². The first kappa shape index (κ1) is 14.1. The lowest BCUT2D eigenvalue weighted by Crippen LogP contribution is -2.50. The van der Waals surface area contributed by atoms with E-state index in [1.807, 2.05) is 0 Å². The number of hydrogen-bond acceptors (Lipinski definition) is 1. The van der Waals surface area contributed by atoms with Crippen LogP contribution in [0.3, 0.4) is 0 Å². The minimum absolute atomic E-state index is 0.237. The van der Waals surface area contributed by atoms with Crippen LogP contribution in [0.2, 0.25) is 5.02 Å². The van der Waals surface area contributed by atoms with E-state index in [1.165, 1.54) is 0 Å². The van der Waals surface area contributed by atoms with Gasteiger partial charge in [-0.2, -0.15) is 35.8 Å². The normalized spacial score (nSPS) is 14.2. The molecule has 0 aliphatic rings. The molecule has 1 rings (SSSR count). The number of nitrogens with one attached hydrogen (secondary N) is 1. The first-order valence-corrected chi connectivity index (χ1v) is 4.34. The molecule has 17 heavy (non-hydrogen) atoms. The van der Waals surface area contributed by atoms with Gasteiger partial charge in [0.2, 0.25) is 0 Å². The molecule has 10 heteroatoms. The summed E-state index contributed by atoms with van der Waals surface area (Å²) in [6, 6.07) is 0. The Morgan fingerprint density at radius 1 is 1.06 bits per heavy atom. The van der Waals surface area contributed by atoms with Crippen LogP contribution in [0.5, 0.6) is 0 Å². The summed E-state index contributed by atoms with van der Waals surface area (Å²) in [6.45, 7) is 1.10. The summed E-state index contributed by atoms with van der Waals surface area (Å²) in [5.41, 5.74) is -2.07. The van der Waals surface area contributed by atoms with E-state index < -0.39 is 28.7 Å². The molecule has 0 radical (unpaired) electrons. The fraction of sp³-hybridized carbons (Fsp3) is 0.571. The lowest BCUT2D eigenvalue weighted by Gasteiger charge is -2.26. The van der Waals surface area contributed by atoms with Gasteiger partial charge in [0, 0.05) is 0 Å². The number of aromatic amines is 1. The smallest absolute Gasteiger partial charge is 0.281 e. The van der Waals surface area contributed by atoms with Gasteiger partial charge < -0.3 is 0 Å². The molecular weight excluding hydrogens is 281 g/mol. The second-order valence-electron chi connectivity index (χ2n) is 3.16. The summed E-state index contributed by atoms with van der Waals surface area (Å²) in [5.74, 6) is -11.8. The van der Waals surface area contributed by atoms with Crippen molar-refractivity contribution in [3.05, 3.63) is 16.4 Å². The molecule has 0 saturated carbocycles.